The molecule has 2 heterocycles. The topological polar surface area (TPSA) is 50.2 Å². The second-order valence-corrected chi connectivity index (χ2v) is 5.60. The largest absolute Gasteiger partial charge is 0.335 e. The fourth-order valence-corrected chi connectivity index (χ4v) is 3.03. The Hall–Kier alpha value is -1.07. The van der Waals surface area contributed by atoms with Crippen LogP contribution in [0.4, 0.5) is 0 Å². The van der Waals surface area contributed by atoms with E-state index in [1.165, 1.54) is 0 Å². The van der Waals surface area contributed by atoms with Gasteiger partial charge in [0.2, 0.25) is 0 Å². The molecule has 1 saturated heterocycles. The van der Waals surface area contributed by atoms with Gasteiger partial charge in [0.15, 0.2) is 0 Å². The van der Waals surface area contributed by atoms with E-state index in [1.54, 1.807) is 4.68 Å². The van der Waals surface area contributed by atoms with E-state index >= 15 is 0 Å². The highest BCUT2D eigenvalue weighted by atomic mass is 35.5. The second-order valence-electron chi connectivity index (χ2n) is 5.25. The fraction of sp³-hybridized carbons (Fsp3) is 0.692. The average Bonchev–Trinajstić information content (AvgIpc) is 2.62. The summed E-state index contributed by atoms with van der Waals surface area (Å²) >= 11 is 6.25. The van der Waals surface area contributed by atoms with Crippen LogP contribution in [0.3, 0.4) is 0 Å². The summed E-state index contributed by atoms with van der Waals surface area (Å²) in [4.78, 5) is 14.5. The number of hydrogen-bond acceptors (Lipinski definition) is 3. The van der Waals surface area contributed by atoms with E-state index in [2.05, 4.69) is 24.3 Å². The molecule has 106 valence electrons. The summed E-state index contributed by atoms with van der Waals surface area (Å²) in [5, 5.41) is 8.17. The third-order valence-electron chi connectivity index (χ3n) is 3.42. The van der Waals surface area contributed by atoms with Crippen molar-refractivity contribution in [3.8, 4) is 0 Å². The molecule has 0 aliphatic carbocycles. The number of carbonyl (C=O) groups is 1. The lowest BCUT2D eigenvalue weighted by atomic mass is 10.1. The number of piperazine rings is 1. The van der Waals surface area contributed by atoms with Crippen LogP contribution in [-0.2, 0) is 6.54 Å². The van der Waals surface area contributed by atoms with E-state index in [-0.39, 0.29) is 5.91 Å². The van der Waals surface area contributed by atoms with E-state index in [0.717, 1.165) is 0 Å². The Balaban J connectivity index is 2.26. The maximum absolute atomic E-state index is 12.6. The van der Waals surface area contributed by atoms with Gasteiger partial charge in [-0.2, -0.15) is 5.10 Å². The molecule has 0 aromatic carbocycles. The standard InChI is InChI=1S/C13H21ClN4O/c1-5-18-12(14)11(10(4)16-18)13(19)17-6-8(2)15-9(3)7-17/h8-9,15H,5-7H2,1-4H3. The molecule has 1 N–H and O–H groups in total. The fourth-order valence-electron chi connectivity index (χ4n) is 2.66. The first kappa shape index (κ1) is 14.3. The zero-order valence-corrected chi connectivity index (χ0v) is 12.7. The lowest BCUT2D eigenvalue weighted by Gasteiger charge is -2.36. The molecule has 1 fully saturated rings. The Morgan fingerprint density at radius 1 is 1.42 bits per heavy atom. The molecule has 0 spiro atoms. The Bertz CT molecular complexity index is 475. The number of nitrogens with one attached hydrogen (secondary N) is 1. The first-order chi connectivity index (χ1) is 8.93. The Kier molecular flexibility index (Phi) is 4.16. The highest BCUT2D eigenvalue weighted by Crippen LogP contribution is 2.22. The molecule has 2 rings (SSSR count). The van der Waals surface area contributed by atoms with Gasteiger partial charge in [0.1, 0.15) is 5.15 Å². The highest BCUT2D eigenvalue weighted by molar-refractivity contribution is 6.33. The summed E-state index contributed by atoms with van der Waals surface area (Å²) in [6.07, 6.45) is 0. The van der Waals surface area contributed by atoms with Crippen LogP contribution in [0.1, 0.15) is 36.8 Å². The maximum atomic E-state index is 12.6. The molecule has 2 unspecified atom stereocenters. The van der Waals surface area contributed by atoms with Crippen molar-refractivity contribution in [2.24, 2.45) is 0 Å². The van der Waals surface area contributed by atoms with Crippen LogP contribution >= 0.6 is 11.6 Å². The zero-order valence-electron chi connectivity index (χ0n) is 11.9. The molecule has 1 aromatic heterocycles. The zero-order chi connectivity index (χ0) is 14.2. The molecule has 6 heteroatoms. The van der Waals surface area contributed by atoms with Crippen LogP contribution in [0.15, 0.2) is 0 Å². The van der Waals surface area contributed by atoms with Gasteiger partial charge in [0.05, 0.1) is 11.3 Å². The number of rotatable bonds is 2. The number of nitrogens with zero attached hydrogens (tertiary/aromatic N) is 3. The Labute approximate surface area is 118 Å². The third kappa shape index (κ3) is 2.77. The molecule has 0 bridgehead atoms. The number of hydrogen-bond donors (Lipinski definition) is 1. The molecular weight excluding hydrogens is 264 g/mol. The molecule has 2 atom stereocenters. The van der Waals surface area contributed by atoms with Crippen molar-refractivity contribution >= 4 is 17.5 Å². The van der Waals surface area contributed by atoms with Crippen LogP contribution in [-0.4, -0.2) is 45.8 Å². The summed E-state index contributed by atoms with van der Waals surface area (Å²) < 4.78 is 1.67. The smallest absolute Gasteiger partial charge is 0.259 e. The van der Waals surface area contributed by atoms with Gasteiger partial charge in [-0.3, -0.25) is 9.48 Å². The summed E-state index contributed by atoms with van der Waals surface area (Å²) in [5.41, 5.74) is 1.25. The predicted octanol–water partition coefficient (Wildman–Crippen LogP) is 1.69. The SMILES string of the molecule is CCn1nc(C)c(C(=O)N2CC(C)NC(C)C2)c1Cl. The van der Waals surface area contributed by atoms with Crippen LogP contribution < -0.4 is 5.32 Å². The first-order valence-corrected chi connectivity index (χ1v) is 7.10. The number of carbonyl (C=O) groups excluding carboxylic acids is 1. The van der Waals surface area contributed by atoms with Crippen LogP contribution in [0.2, 0.25) is 5.15 Å². The first-order valence-electron chi connectivity index (χ1n) is 6.72. The average molecular weight is 285 g/mol. The normalized spacial score (nSPS) is 23.7. The van der Waals surface area contributed by atoms with E-state index in [1.807, 2.05) is 18.7 Å². The quantitative estimate of drug-likeness (QED) is 0.899. The van der Waals surface area contributed by atoms with Gasteiger partial charge >= 0.3 is 0 Å². The molecule has 1 aliphatic heterocycles. The van der Waals surface area contributed by atoms with Gasteiger partial charge in [-0.25, -0.2) is 0 Å². The molecule has 0 radical (unpaired) electrons. The van der Waals surface area contributed by atoms with Crippen molar-refractivity contribution in [2.75, 3.05) is 13.1 Å². The van der Waals surface area contributed by atoms with Crippen LogP contribution in [0, 0.1) is 6.92 Å². The second kappa shape index (κ2) is 5.51. The van der Waals surface area contributed by atoms with E-state index in [9.17, 15) is 4.79 Å². The summed E-state index contributed by atoms with van der Waals surface area (Å²) in [5.74, 6) is -0.0117. The van der Waals surface area contributed by atoms with Gasteiger partial charge in [0.25, 0.3) is 5.91 Å². The van der Waals surface area contributed by atoms with Crippen molar-refractivity contribution in [1.82, 2.24) is 20.0 Å². The number of aromatic nitrogens is 2. The lowest BCUT2D eigenvalue weighted by molar-refractivity contribution is 0.0673. The minimum Gasteiger partial charge on any atom is -0.335 e. The van der Waals surface area contributed by atoms with Crippen LogP contribution in [0.25, 0.3) is 0 Å². The molecule has 19 heavy (non-hydrogen) atoms. The van der Waals surface area contributed by atoms with Gasteiger partial charge in [-0.05, 0) is 27.7 Å². The number of amides is 1. The van der Waals surface area contributed by atoms with Gasteiger partial charge in [-0.1, -0.05) is 11.6 Å². The molecule has 1 amide bonds. The summed E-state index contributed by atoms with van der Waals surface area (Å²) in [7, 11) is 0. The molecule has 5 nitrogen and oxygen atoms in total. The Morgan fingerprint density at radius 2 is 2.00 bits per heavy atom. The third-order valence-corrected chi connectivity index (χ3v) is 3.81. The van der Waals surface area contributed by atoms with Gasteiger partial charge < -0.3 is 10.2 Å². The molecule has 1 aliphatic rings. The monoisotopic (exact) mass is 284 g/mol. The van der Waals surface area contributed by atoms with Crippen molar-refractivity contribution in [2.45, 2.75) is 46.3 Å². The van der Waals surface area contributed by atoms with Gasteiger partial charge in [-0.15, -0.1) is 0 Å². The number of aryl methyl sites for hydroxylation is 2. The molecular formula is C13H21ClN4O. The minimum atomic E-state index is -0.0117. The number of halogens is 1. The van der Waals surface area contributed by atoms with Crippen molar-refractivity contribution in [3.63, 3.8) is 0 Å². The van der Waals surface area contributed by atoms with Crippen molar-refractivity contribution < 1.29 is 4.79 Å². The Morgan fingerprint density at radius 3 is 2.47 bits per heavy atom. The highest BCUT2D eigenvalue weighted by Gasteiger charge is 2.29. The summed E-state index contributed by atoms with van der Waals surface area (Å²) in [6.45, 7) is 10.0. The molecule has 0 saturated carbocycles. The van der Waals surface area contributed by atoms with Crippen molar-refractivity contribution in [1.29, 1.82) is 0 Å². The van der Waals surface area contributed by atoms with E-state index in [0.29, 0.717) is 48.1 Å². The van der Waals surface area contributed by atoms with Gasteiger partial charge in [0, 0.05) is 31.7 Å². The van der Waals surface area contributed by atoms with E-state index < -0.39 is 0 Å². The lowest BCUT2D eigenvalue weighted by Crippen LogP contribution is -2.55. The van der Waals surface area contributed by atoms with Crippen molar-refractivity contribution in [3.05, 3.63) is 16.4 Å². The minimum absolute atomic E-state index is 0.0117. The predicted molar refractivity (Wildman–Crippen MR) is 75.6 cm³/mol. The summed E-state index contributed by atoms with van der Waals surface area (Å²) in [6, 6.07) is 0.598. The van der Waals surface area contributed by atoms with E-state index in [4.69, 9.17) is 11.6 Å². The maximum Gasteiger partial charge on any atom is 0.259 e. The molecule has 1 aromatic rings. The van der Waals surface area contributed by atoms with Crippen LogP contribution in [0.5, 0.6) is 0 Å².